The minimum absolute atomic E-state index is 0.488. The SMILES string of the molecule is C=C(CC(O)c1cccc(C)c1)c1ccccc1. The van der Waals surface area contributed by atoms with Crippen LogP contribution >= 0.6 is 0 Å². The first-order valence-corrected chi connectivity index (χ1v) is 6.14. The second-order valence-corrected chi connectivity index (χ2v) is 4.60. The number of aliphatic hydroxyl groups is 1. The van der Waals surface area contributed by atoms with Crippen LogP contribution in [0, 0.1) is 6.92 Å². The normalized spacial score (nSPS) is 12.1. The van der Waals surface area contributed by atoms with Crippen LogP contribution in [0.2, 0.25) is 0 Å². The van der Waals surface area contributed by atoms with E-state index < -0.39 is 6.10 Å². The molecular formula is C17H18O. The van der Waals surface area contributed by atoms with Gasteiger partial charge in [0.15, 0.2) is 0 Å². The minimum atomic E-state index is -0.488. The number of aliphatic hydroxyl groups excluding tert-OH is 1. The summed E-state index contributed by atoms with van der Waals surface area (Å²) in [6.07, 6.45) is 0.0746. The van der Waals surface area contributed by atoms with Crippen LogP contribution in [-0.2, 0) is 0 Å². The summed E-state index contributed by atoms with van der Waals surface area (Å²) in [4.78, 5) is 0. The van der Waals surface area contributed by atoms with Gasteiger partial charge in [0, 0.05) is 6.42 Å². The van der Waals surface area contributed by atoms with E-state index in [4.69, 9.17) is 0 Å². The van der Waals surface area contributed by atoms with E-state index in [1.165, 1.54) is 0 Å². The first-order valence-electron chi connectivity index (χ1n) is 6.14. The molecule has 1 N–H and O–H groups in total. The molecule has 1 heteroatoms. The van der Waals surface area contributed by atoms with Crippen LogP contribution in [0.5, 0.6) is 0 Å². The second kappa shape index (κ2) is 5.65. The van der Waals surface area contributed by atoms with Crippen LogP contribution < -0.4 is 0 Å². The zero-order valence-corrected chi connectivity index (χ0v) is 10.6. The average molecular weight is 238 g/mol. The Labute approximate surface area is 108 Å². The molecular weight excluding hydrogens is 220 g/mol. The average Bonchev–Trinajstić information content (AvgIpc) is 2.39. The number of benzene rings is 2. The molecule has 0 aliphatic carbocycles. The monoisotopic (exact) mass is 238 g/mol. The van der Waals surface area contributed by atoms with Crippen molar-refractivity contribution >= 4 is 5.57 Å². The number of hydrogen-bond donors (Lipinski definition) is 1. The Morgan fingerprint density at radius 1 is 1.11 bits per heavy atom. The second-order valence-electron chi connectivity index (χ2n) is 4.60. The summed E-state index contributed by atoms with van der Waals surface area (Å²) in [6, 6.07) is 18.0. The van der Waals surface area contributed by atoms with Crippen molar-refractivity contribution in [1.29, 1.82) is 0 Å². The van der Waals surface area contributed by atoms with Crippen molar-refractivity contribution < 1.29 is 5.11 Å². The lowest BCUT2D eigenvalue weighted by Crippen LogP contribution is -1.99. The maximum atomic E-state index is 10.2. The fourth-order valence-corrected chi connectivity index (χ4v) is 2.02. The molecule has 1 atom stereocenters. The molecule has 0 heterocycles. The molecule has 0 aliphatic rings. The molecule has 0 fully saturated rings. The molecule has 0 aliphatic heterocycles. The van der Waals surface area contributed by atoms with Crippen molar-refractivity contribution in [3.63, 3.8) is 0 Å². The van der Waals surface area contributed by atoms with Gasteiger partial charge in [-0.3, -0.25) is 0 Å². The Bertz CT molecular complexity index is 528. The van der Waals surface area contributed by atoms with Crippen molar-refractivity contribution in [3.05, 3.63) is 77.9 Å². The largest absolute Gasteiger partial charge is 0.388 e. The summed E-state index contributed by atoms with van der Waals surface area (Å²) in [7, 11) is 0. The maximum Gasteiger partial charge on any atom is 0.0830 e. The van der Waals surface area contributed by atoms with Crippen LogP contribution in [-0.4, -0.2) is 5.11 Å². The highest BCUT2D eigenvalue weighted by Gasteiger charge is 2.10. The third-order valence-electron chi connectivity index (χ3n) is 3.05. The molecule has 18 heavy (non-hydrogen) atoms. The first-order chi connectivity index (χ1) is 8.66. The van der Waals surface area contributed by atoms with E-state index in [0.29, 0.717) is 6.42 Å². The lowest BCUT2D eigenvalue weighted by molar-refractivity contribution is 0.184. The predicted octanol–water partition coefficient (Wildman–Crippen LogP) is 4.13. The van der Waals surface area contributed by atoms with Crippen LogP contribution in [0.4, 0.5) is 0 Å². The molecule has 0 saturated carbocycles. The third kappa shape index (κ3) is 3.08. The van der Waals surface area contributed by atoms with Gasteiger partial charge in [-0.2, -0.15) is 0 Å². The number of rotatable bonds is 4. The molecule has 2 aromatic rings. The molecule has 2 aromatic carbocycles. The topological polar surface area (TPSA) is 20.2 Å². The van der Waals surface area contributed by atoms with Gasteiger partial charge in [0.25, 0.3) is 0 Å². The summed E-state index contributed by atoms with van der Waals surface area (Å²) in [6.45, 7) is 6.08. The van der Waals surface area contributed by atoms with E-state index in [1.54, 1.807) is 0 Å². The first kappa shape index (κ1) is 12.6. The Morgan fingerprint density at radius 2 is 1.83 bits per heavy atom. The number of hydrogen-bond acceptors (Lipinski definition) is 1. The molecule has 0 bridgehead atoms. The van der Waals surface area contributed by atoms with E-state index in [9.17, 15) is 5.11 Å². The predicted molar refractivity (Wildman–Crippen MR) is 76.2 cm³/mol. The molecule has 0 spiro atoms. The van der Waals surface area contributed by atoms with Gasteiger partial charge < -0.3 is 5.11 Å². The number of aryl methyl sites for hydroxylation is 1. The van der Waals surface area contributed by atoms with E-state index >= 15 is 0 Å². The maximum absolute atomic E-state index is 10.2. The van der Waals surface area contributed by atoms with Gasteiger partial charge in [-0.15, -0.1) is 0 Å². The van der Waals surface area contributed by atoms with Gasteiger partial charge in [-0.05, 0) is 23.6 Å². The quantitative estimate of drug-likeness (QED) is 0.849. The van der Waals surface area contributed by atoms with Crippen molar-refractivity contribution in [2.24, 2.45) is 0 Å². The lowest BCUT2D eigenvalue weighted by Gasteiger charge is -2.13. The highest BCUT2D eigenvalue weighted by atomic mass is 16.3. The summed E-state index contributed by atoms with van der Waals surface area (Å²) in [5.41, 5.74) is 4.16. The summed E-state index contributed by atoms with van der Waals surface area (Å²) in [5, 5.41) is 10.2. The van der Waals surface area contributed by atoms with E-state index in [2.05, 4.69) is 6.58 Å². The van der Waals surface area contributed by atoms with Gasteiger partial charge in [0.1, 0.15) is 0 Å². The van der Waals surface area contributed by atoms with E-state index in [0.717, 1.165) is 22.3 Å². The smallest absolute Gasteiger partial charge is 0.0830 e. The Hall–Kier alpha value is -1.86. The minimum Gasteiger partial charge on any atom is -0.388 e. The van der Waals surface area contributed by atoms with Crippen molar-refractivity contribution in [2.45, 2.75) is 19.4 Å². The molecule has 2 rings (SSSR count). The van der Waals surface area contributed by atoms with Gasteiger partial charge in [0.05, 0.1) is 6.10 Å². The Morgan fingerprint density at radius 3 is 2.50 bits per heavy atom. The van der Waals surface area contributed by atoms with Crippen molar-refractivity contribution in [1.82, 2.24) is 0 Å². The van der Waals surface area contributed by atoms with Crippen LogP contribution in [0.25, 0.3) is 5.57 Å². The fourth-order valence-electron chi connectivity index (χ4n) is 2.02. The molecule has 0 saturated heterocycles. The van der Waals surface area contributed by atoms with E-state index in [1.807, 2.05) is 61.5 Å². The molecule has 1 nitrogen and oxygen atoms in total. The van der Waals surface area contributed by atoms with Gasteiger partial charge in [0.2, 0.25) is 0 Å². The molecule has 0 aromatic heterocycles. The molecule has 0 radical (unpaired) electrons. The molecule has 92 valence electrons. The summed E-state index contributed by atoms with van der Waals surface area (Å²) < 4.78 is 0. The van der Waals surface area contributed by atoms with Crippen LogP contribution in [0.3, 0.4) is 0 Å². The van der Waals surface area contributed by atoms with Gasteiger partial charge >= 0.3 is 0 Å². The highest BCUT2D eigenvalue weighted by Crippen LogP contribution is 2.26. The van der Waals surface area contributed by atoms with Gasteiger partial charge in [-0.1, -0.05) is 66.7 Å². The van der Waals surface area contributed by atoms with Gasteiger partial charge in [-0.25, -0.2) is 0 Å². The van der Waals surface area contributed by atoms with Crippen molar-refractivity contribution in [2.75, 3.05) is 0 Å². The van der Waals surface area contributed by atoms with Crippen LogP contribution in [0.15, 0.2) is 61.2 Å². The van der Waals surface area contributed by atoms with E-state index in [-0.39, 0.29) is 0 Å². The molecule has 1 unspecified atom stereocenters. The Balaban J connectivity index is 2.08. The Kier molecular flexibility index (Phi) is 3.96. The fraction of sp³-hybridized carbons (Fsp3) is 0.176. The highest BCUT2D eigenvalue weighted by molar-refractivity contribution is 5.63. The summed E-state index contributed by atoms with van der Waals surface area (Å²) >= 11 is 0. The standard InChI is InChI=1S/C17H18O/c1-13-7-6-10-16(11-13)17(18)12-14(2)15-8-4-3-5-9-15/h3-11,17-18H,2,12H2,1H3. The van der Waals surface area contributed by atoms with Crippen LogP contribution in [0.1, 0.15) is 29.2 Å². The van der Waals surface area contributed by atoms with Crippen molar-refractivity contribution in [3.8, 4) is 0 Å². The molecule has 0 amide bonds. The zero-order chi connectivity index (χ0) is 13.0. The zero-order valence-electron chi connectivity index (χ0n) is 10.6. The lowest BCUT2D eigenvalue weighted by atomic mass is 9.97. The summed E-state index contributed by atoms with van der Waals surface area (Å²) in [5.74, 6) is 0. The third-order valence-corrected chi connectivity index (χ3v) is 3.05.